The molecule has 0 aliphatic rings. The smallest absolute Gasteiger partial charge is 0.263 e. The molecule has 0 aliphatic heterocycles. The summed E-state index contributed by atoms with van der Waals surface area (Å²) in [5.74, 6) is 0. The number of alkyl halides is 2. The van der Waals surface area contributed by atoms with Crippen LogP contribution in [0.4, 0.5) is 14.5 Å². The van der Waals surface area contributed by atoms with Crippen LogP contribution < -0.4 is 10.5 Å². The summed E-state index contributed by atoms with van der Waals surface area (Å²) in [6.45, 7) is 0.386. The number of anilines is 1. The van der Waals surface area contributed by atoms with E-state index in [2.05, 4.69) is 5.32 Å². The SMILES string of the molecule is NS(=O)(=O)c1cccc(NCc2ccc(C(F)F)cc2)c1. The minimum absolute atomic E-state index is 0.0144. The van der Waals surface area contributed by atoms with Crippen molar-refractivity contribution in [3.8, 4) is 0 Å². The van der Waals surface area contributed by atoms with E-state index < -0.39 is 16.4 Å². The summed E-state index contributed by atoms with van der Waals surface area (Å²) in [7, 11) is -3.75. The Morgan fingerprint density at radius 1 is 1.10 bits per heavy atom. The quantitative estimate of drug-likeness (QED) is 0.891. The third-order valence-electron chi connectivity index (χ3n) is 2.89. The minimum atomic E-state index is -3.75. The fourth-order valence-electron chi connectivity index (χ4n) is 1.77. The Morgan fingerprint density at radius 3 is 2.33 bits per heavy atom. The molecule has 0 unspecified atom stereocenters. The highest BCUT2D eigenvalue weighted by Gasteiger charge is 2.08. The van der Waals surface area contributed by atoms with Gasteiger partial charge in [-0.05, 0) is 23.8 Å². The van der Waals surface area contributed by atoms with Crippen molar-refractivity contribution in [2.24, 2.45) is 5.14 Å². The molecule has 0 fully saturated rings. The van der Waals surface area contributed by atoms with Gasteiger partial charge >= 0.3 is 0 Å². The molecular formula is C14H14F2N2O2S. The number of benzene rings is 2. The van der Waals surface area contributed by atoms with Crippen molar-refractivity contribution in [1.29, 1.82) is 0 Å². The van der Waals surface area contributed by atoms with E-state index in [0.29, 0.717) is 12.2 Å². The first-order valence-corrected chi connectivity index (χ1v) is 7.64. The second kappa shape index (κ2) is 6.19. The van der Waals surface area contributed by atoms with Gasteiger partial charge in [0.25, 0.3) is 6.43 Å². The van der Waals surface area contributed by atoms with Gasteiger partial charge in [-0.25, -0.2) is 22.3 Å². The van der Waals surface area contributed by atoms with Crippen LogP contribution in [-0.2, 0) is 16.6 Å². The summed E-state index contributed by atoms with van der Waals surface area (Å²) in [5, 5.41) is 8.07. The third kappa shape index (κ3) is 4.24. The molecule has 0 aliphatic carbocycles. The number of rotatable bonds is 5. The summed E-state index contributed by atoms with van der Waals surface area (Å²) in [5.41, 5.74) is 1.36. The van der Waals surface area contributed by atoms with Crippen LogP contribution in [0.25, 0.3) is 0 Å². The highest BCUT2D eigenvalue weighted by molar-refractivity contribution is 7.89. The van der Waals surface area contributed by atoms with Gasteiger partial charge in [-0.1, -0.05) is 30.3 Å². The summed E-state index contributed by atoms with van der Waals surface area (Å²) in [6.07, 6.45) is -2.49. The van der Waals surface area contributed by atoms with Crippen molar-refractivity contribution in [3.05, 3.63) is 59.7 Å². The normalized spacial score (nSPS) is 11.6. The zero-order chi connectivity index (χ0) is 15.5. The molecule has 2 aromatic rings. The van der Waals surface area contributed by atoms with E-state index in [1.54, 1.807) is 24.3 Å². The number of sulfonamides is 1. The largest absolute Gasteiger partial charge is 0.381 e. The molecule has 21 heavy (non-hydrogen) atoms. The van der Waals surface area contributed by atoms with Crippen LogP contribution in [0.3, 0.4) is 0 Å². The molecule has 2 rings (SSSR count). The molecule has 0 atom stereocenters. The van der Waals surface area contributed by atoms with Crippen molar-refractivity contribution >= 4 is 15.7 Å². The van der Waals surface area contributed by atoms with Crippen molar-refractivity contribution in [1.82, 2.24) is 0 Å². The lowest BCUT2D eigenvalue weighted by Gasteiger charge is -2.08. The van der Waals surface area contributed by atoms with Crippen molar-refractivity contribution in [2.75, 3.05) is 5.32 Å². The van der Waals surface area contributed by atoms with E-state index in [-0.39, 0.29) is 10.5 Å². The Morgan fingerprint density at radius 2 is 1.76 bits per heavy atom. The zero-order valence-electron chi connectivity index (χ0n) is 11.0. The molecule has 2 aromatic carbocycles. The van der Waals surface area contributed by atoms with E-state index in [1.807, 2.05) is 0 Å². The lowest BCUT2D eigenvalue weighted by Crippen LogP contribution is -2.12. The number of hydrogen-bond donors (Lipinski definition) is 2. The number of hydrogen-bond acceptors (Lipinski definition) is 3. The van der Waals surface area contributed by atoms with Crippen LogP contribution >= 0.6 is 0 Å². The monoisotopic (exact) mass is 312 g/mol. The van der Waals surface area contributed by atoms with Crippen molar-refractivity contribution < 1.29 is 17.2 Å². The molecule has 112 valence electrons. The van der Waals surface area contributed by atoms with Crippen molar-refractivity contribution in [2.45, 2.75) is 17.9 Å². The maximum Gasteiger partial charge on any atom is 0.263 e. The molecule has 0 radical (unpaired) electrons. The highest BCUT2D eigenvalue weighted by Crippen LogP contribution is 2.19. The van der Waals surface area contributed by atoms with Gasteiger partial charge in [0.2, 0.25) is 10.0 Å². The molecule has 0 bridgehead atoms. The maximum atomic E-state index is 12.4. The third-order valence-corrected chi connectivity index (χ3v) is 3.80. The average molecular weight is 312 g/mol. The van der Waals surface area contributed by atoms with Gasteiger partial charge in [0.1, 0.15) is 0 Å². The van der Waals surface area contributed by atoms with Gasteiger partial charge in [-0.2, -0.15) is 0 Å². The van der Waals surface area contributed by atoms with E-state index in [0.717, 1.165) is 5.56 Å². The first-order chi connectivity index (χ1) is 9.86. The Labute approximate surface area is 121 Å². The van der Waals surface area contributed by atoms with Crippen LogP contribution in [0.5, 0.6) is 0 Å². The number of halogens is 2. The molecule has 0 spiro atoms. The Balaban J connectivity index is 2.06. The summed E-state index contributed by atoms with van der Waals surface area (Å²) >= 11 is 0. The molecule has 3 N–H and O–H groups in total. The molecule has 0 aromatic heterocycles. The van der Waals surface area contributed by atoms with Crippen LogP contribution in [0.2, 0.25) is 0 Å². The van der Waals surface area contributed by atoms with Gasteiger partial charge in [0.15, 0.2) is 0 Å². The van der Waals surface area contributed by atoms with Gasteiger partial charge < -0.3 is 5.32 Å². The van der Waals surface area contributed by atoms with E-state index in [1.165, 1.54) is 24.3 Å². The lowest BCUT2D eigenvalue weighted by molar-refractivity contribution is 0.151. The zero-order valence-corrected chi connectivity index (χ0v) is 11.8. The van der Waals surface area contributed by atoms with Gasteiger partial charge in [-0.3, -0.25) is 0 Å². The second-order valence-corrected chi connectivity index (χ2v) is 6.03. The molecule has 7 heteroatoms. The lowest BCUT2D eigenvalue weighted by atomic mass is 10.1. The van der Waals surface area contributed by atoms with E-state index >= 15 is 0 Å². The van der Waals surface area contributed by atoms with Gasteiger partial charge in [-0.15, -0.1) is 0 Å². The predicted molar refractivity (Wildman–Crippen MR) is 76.5 cm³/mol. The first-order valence-electron chi connectivity index (χ1n) is 6.10. The molecule has 4 nitrogen and oxygen atoms in total. The Hall–Kier alpha value is -1.99. The fraction of sp³-hybridized carbons (Fsp3) is 0.143. The van der Waals surface area contributed by atoms with Crippen LogP contribution in [0.1, 0.15) is 17.6 Å². The van der Waals surface area contributed by atoms with Gasteiger partial charge in [0, 0.05) is 17.8 Å². The highest BCUT2D eigenvalue weighted by atomic mass is 32.2. The minimum Gasteiger partial charge on any atom is -0.381 e. The topological polar surface area (TPSA) is 72.2 Å². The standard InChI is InChI=1S/C14H14F2N2O2S/c15-14(16)11-6-4-10(5-7-11)9-18-12-2-1-3-13(8-12)21(17,19)20/h1-8,14,18H,9H2,(H2,17,19,20). The van der Waals surface area contributed by atoms with Gasteiger partial charge in [0.05, 0.1) is 4.90 Å². The molecule has 0 saturated carbocycles. The molecule has 0 saturated heterocycles. The van der Waals surface area contributed by atoms with Crippen molar-refractivity contribution in [3.63, 3.8) is 0 Å². The summed E-state index contributed by atoms with van der Waals surface area (Å²) in [4.78, 5) is 0.0144. The summed E-state index contributed by atoms with van der Waals surface area (Å²) in [6, 6.07) is 12.0. The average Bonchev–Trinajstić information content (AvgIpc) is 2.45. The number of nitrogens with two attached hydrogens (primary N) is 1. The molecule has 0 amide bonds. The Bertz CT molecular complexity index is 716. The fourth-order valence-corrected chi connectivity index (χ4v) is 2.33. The number of nitrogens with one attached hydrogen (secondary N) is 1. The van der Waals surface area contributed by atoms with Crippen LogP contribution in [0, 0.1) is 0 Å². The van der Waals surface area contributed by atoms with E-state index in [9.17, 15) is 17.2 Å². The molecule has 0 heterocycles. The summed E-state index contributed by atoms with van der Waals surface area (Å²) < 4.78 is 47.3. The van der Waals surface area contributed by atoms with Crippen LogP contribution in [0.15, 0.2) is 53.4 Å². The van der Waals surface area contributed by atoms with Crippen LogP contribution in [-0.4, -0.2) is 8.42 Å². The predicted octanol–water partition coefficient (Wildman–Crippen LogP) is 2.88. The Kier molecular flexibility index (Phi) is 4.54. The second-order valence-electron chi connectivity index (χ2n) is 4.47. The molecular weight excluding hydrogens is 298 g/mol. The van der Waals surface area contributed by atoms with E-state index in [4.69, 9.17) is 5.14 Å². The number of primary sulfonamides is 1. The maximum absolute atomic E-state index is 12.4. The first kappa shape index (κ1) is 15.4.